The van der Waals surface area contributed by atoms with Gasteiger partial charge in [-0.1, -0.05) is 11.6 Å². The number of aliphatic hydroxyl groups is 1. The van der Waals surface area contributed by atoms with Crippen molar-refractivity contribution >= 4 is 23.0 Å². The van der Waals surface area contributed by atoms with Crippen molar-refractivity contribution in [2.75, 3.05) is 0 Å². The highest BCUT2D eigenvalue weighted by atomic mass is 35.5. The van der Waals surface area contributed by atoms with Gasteiger partial charge >= 0.3 is 0 Å². The van der Waals surface area contributed by atoms with Crippen LogP contribution in [0.15, 0.2) is 18.2 Å². The third-order valence-electron chi connectivity index (χ3n) is 4.37. The van der Waals surface area contributed by atoms with Gasteiger partial charge in [-0.25, -0.2) is 8.78 Å². The molecule has 1 unspecified atom stereocenters. The van der Waals surface area contributed by atoms with Gasteiger partial charge in [-0.3, -0.25) is 0 Å². The van der Waals surface area contributed by atoms with Gasteiger partial charge in [0.25, 0.3) is 0 Å². The van der Waals surface area contributed by atoms with Crippen molar-refractivity contribution < 1.29 is 18.4 Å². The molecule has 1 aliphatic rings. The molecule has 0 aromatic heterocycles. The predicted molar refractivity (Wildman–Crippen MR) is 93.5 cm³/mol. The molecule has 0 heterocycles. The van der Waals surface area contributed by atoms with Crippen molar-refractivity contribution in [3.05, 3.63) is 34.6 Å². The topological polar surface area (TPSA) is 55.3 Å². The number of hydrogen-bond acceptors (Lipinski definition) is 3. The lowest BCUT2D eigenvalue weighted by Gasteiger charge is -2.41. The predicted octanol–water partition coefficient (Wildman–Crippen LogP) is 4.22. The Labute approximate surface area is 150 Å². The Hall–Kier alpha value is -0.400. The molecule has 0 radical (unpaired) electrons. The normalized spacial score (nSPS) is 27.8. The van der Waals surface area contributed by atoms with Gasteiger partial charge in [0.15, 0.2) is 0 Å². The van der Waals surface area contributed by atoms with Gasteiger partial charge < -0.3 is 9.66 Å². The first-order chi connectivity index (χ1) is 11.0. The monoisotopic (exact) mass is 379 g/mol. The van der Waals surface area contributed by atoms with Gasteiger partial charge in [0.05, 0.1) is 5.60 Å². The molecule has 3 nitrogen and oxygen atoms in total. The fourth-order valence-corrected chi connectivity index (χ4v) is 3.95. The molecule has 0 amide bonds. The largest absolute Gasteiger partial charge is 0.598 e. The molecule has 0 aliphatic heterocycles. The number of rotatable bonds is 4. The minimum absolute atomic E-state index is 0.153. The Morgan fingerprint density at radius 3 is 2.50 bits per heavy atom. The molecule has 1 aliphatic carbocycles. The van der Waals surface area contributed by atoms with Gasteiger partial charge in [-0.05, 0) is 64.7 Å². The third kappa shape index (κ3) is 4.61. The minimum atomic E-state index is -1.53. The lowest BCUT2D eigenvalue weighted by molar-refractivity contribution is -0.0416. The molecule has 1 aromatic rings. The van der Waals surface area contributed by atoms with E-state index < -0.39 is 39.7 Å². The van der Waals surface area contributed by atoms with Gasteiger partial charge in [-0.15, -0.1) is 4.72 Å². The summed E-state index contributed by atoms with van der Waals surface area (Å²) < 4.78 is 42.7. The molecule has 136 valence electrons. The lowest BCUT2D eigenvalue weighted by Crippen LogP contribution is -2.52. The molecule has 2 N–H and O–H groups in total. The first-order valence-electron chi connectivity index (χ1n) is 8.02. The van der Waals surface area contributed by atoms with Crippen molar-refractivity contribution in [2.45, 2.75) is 69.0 Å². The molecule has 0 spiro atoms. The Kier molecular flexibility index (Phi) is 6.19. The van der Waals surface area contributed by atoms with E-state index in [9.17, 15) is 18.4 Å². The van der Waals surface area contributed by atoms with E-state index >= 15 is 0 Å². The van der Waals surface area contributed by atoms with Crippen LogP contribution >= 0.6 is 11.6 Å². The van der Waals surface area contributed by atoms with E-state index in [0.717, 1.165) is 0 Å². The Balaban J connectivity index is 2.39. The molecule has 0 bridgehead atoms. The highest BCUT2D eigenvalue weighted by molar-refractivity contribution is 7.90. The van der Waals surface area contributed by atoms with Crippen LogP contribution in [0.1, 0.15) is 58.1 Å². The highest BCUT2D eigenvalue weighted by Gasteiger charge is 2.45. The standard InChI is InChI=1S/C17H24ClF2NO2S/c1-16(2,3)24(23)21-15(13-10-11(18)4-5-14(13)20)17(22)8-6-12(19)7-9-17/h4-5,10,12,15,21-22H,6-9H2,1-3H3/t12-,15-,17-,24?/m0/s1. The van der Waals surface area contributed by atoms with Gasteiger partial charge in [0.1, 0.15) is 22.8 Å². The maximum Gasteiger partial charge on any atom is 0.136 e. The summed E-state index contributed by atoms with van der Waals surface area (Å²) in [6.07, 6.45) is -0.251. The summed E-state index contributed by atoms with van der Waals surface area (Å²) in [5, 5.41) is 11.4. The Morgan fingerprint density at radius 1 is 1.38 bits per heavy atom. The average molecular weight is 380 g/mol. The van der Waals surface area contributed by atoms with Crippen LogP contribution in [0.2, 0.25) is 5.02 Å². The third-order valence-corrected chi connectivity index (χ3v) is 6.17. The maximum atomic E-state index is 14.4. The second-order valence-electron chi connectivity index (χ2n) is 7.38. The van der Waals surface area contributed by atoms with Crippen molar-refractivity contribution in [1.82, 2.24) is 4.72 Å². The average Bonchev–Trinajstić information content (AvgIpc) is 2.49. The summed E-state index contributed by atoms with van der Waals surface area (Å²) in [5.74, 6) is -0.543. The SMILES string of the molecule is CC(C)(C)[S+]([O-])N[C@@H](c1cc(Cl)ccc1F)[C@]1(O)CC[C@H](F)CC1. The van der Waals surface area contributed by atoms with E-state index in [4.69, 9.17) is 11.6 Å². The maximum absolute atomic E-state index is 14.4. The van der Waals surface area contributed by atoms with Crippen molar-refractivity contribution in [2.24, 2.45) is 0 Å². The molecular weight excluding hydrogens is 356 g/mol. The smallest absolute Gasteiger partial charge is 0.136 e. The van der Waals surface area contributed by atoms with E-state index in [-0.39, 0.29) is 31.2 Å². The molecule has 24 heavy (non-hydrogen) atoms. The quantitative estimate of drug-likeness (QED) is 0.770. The van der Waals surface area contributed by atoms with Crippen LogP contribution in [0.4, 0.5) is 8.78 Å². The van der Waals surface area contributed by atoms with Gasteiger partial charge in [-0.2, -0.15) is 0 Å². The molecular formula is C17H24ClF2NO2S. The second kappa shape index (κ2) is 7.46. The Morgan fingerprint density at radius 2 is 1.96 bits per heavy atom. The van der Waals surface area contributed by atoms with E-state index in [0.29, 0.717) is 5.02 Å². The molecule has 1 saturated carbocycles. The Bertz CT molecular complexity index is 574. The molecule has 1 fully saturated rings. The van der Waals surface area contributed by atoms with Gasteiger partial charge in [0.2, 0.25) is 0 Å². The zero-order chi connectivity index (χ0) is 18.1. The second-order valence-corrected chi connectivity index (χ2v) is 9.81. The number of halogens is 3. The van der Waals surface area contributed by atoms with E-state index in [2.05, 4.69) is 4.72 Å². The first kappa shape index (κ1) is 19.9. The van der Waals surface area contributed by atoms with Crippen LogP contribution < -0.4 is 4.72 Å². The van der Waals surface area contributed by atoms with Crippen molar-refractivity contribution in [3.63, 3.8) is 0 Å². The van der Waals surface area contributed by atoms with Crippen LogP contribution in [-0.4, -0.2) is 26.2 Å². The first-order valence-corrected chi connectivity index (χ1v) is 9.55. The molecule has 7 heteroatoms. The van der Waals surface area contributed by atoms with Gasteiger partial charge in [0, 0.05) is 21.9 Å². The molecule has 2 rings (SSSR count). The summed E-state index contributed by atoms with van der Waals surface area (Å²) in [6, 6.07) is 3.13. The molecule has 0 saturated heterocycles. The molecule has 1 aromatic carbocycles. The summed E-state index contributed by atoms with van der Waals surface area (Å²) in [4.78, 5) is 0. The summed E-state index contributed by atoms with van der Waals surface area (Å²) in [5.41, 5.74) is -1.23. The number of nitrogens with one attached hydrogen (secondary N) is 1. The zero-order valence-electron chi connectivity index (χ0n) is 14.1. The van der Waals surface area contributed by atoms with E-state index in [1.165, 1.54) is 18.2 Å². The number of hydrogen-bond donors (Lipinski definition) is 2. The van der Waals surface area contributed by atoms with E-state index in [1.54, 1.807) is 20.8 Å². The fraction of sp³-hybridized carbons (Fsp3) is 0.647. The van der Waals surface area contributed by atoms with Crippen LogP contribution in [0, 0.1) is 5.82 Å². The van der Waals surface area contributed by atoms with Crippen LogP contribution in [0.25, 0.3) is 0 Å². The van der Waals surface area contributed by atoms with Crippen molar-refractivity contribution in [3.8, 4) is 0 Å². The zero-order valence-corrected chi connectivity index (χ0v) is 15.7. The van der Waals surface area contributed by atoms with Crippen LogP contribution in [-0.2, 0) is 11.4 Å². The van der Waals surface area contributed by atoms with Crippen LogP contribution in [0.5, 0.6) is 0 Å². The number of benzene rings is 1. The summed E-state index contributed by atoms with van der Waals surface area (Å²) in [7, 11) is 0. The van der Waals surface area contributed by atoms with Crippen molar-refractivity contribution in [1.29, 1.82) is 0 Å². The minimum Gasteiger partial charge on any atom is -0.598 e. The number of alkyl halides is 1. The summed E-state index contributed by atoms with van der Waals surface area (Å²) >= 11 is 4.45. The summed E-state index contributed by atoms with van der Waals surface area (Å²) in [6.45, 7) is 5.35. The van der Waals surface area contributed by atoms with Crippen LogP contribution in [0.3, 0.4) is 0 Å². The fourth-order valence-electron chi connectivity index (χ4n) is 2.85. The van der Waals surface area contributed by atoms with E-state index in [1.807, 2.05) is 0 Å². The highest BCUT2D eigenvalue weighted by Crippen LogP contribution is 2.41. The lowest BCUT2D eigenvalue weighted by atomic mass is 9.76. The molecule has 2 atom stereocenters.